The van der Waals surface area contributed by atoms with Crippen molar-refractivity contribution in [2.24, 2.45) is 5.41 Å². The summed E-state index contributed by atoms with van der Waals surface area (Å²) in [4.78, 5) is 11.8. The van der Waals surface area contributed by atoms with Crippen molar-refractivity contribution < 1.29 is 22.7 Å². The first-order valence-corrected chi connectivity index (χ1v) is 7.45. The maximum Gasteiger partial charge on any atom is 0.287 e. The van der Waals surface area contributed by atoms with Crippen LogP contribution in [0.25, 0.3) is 0 Å². The van der Waals surface area contributed by atoms with Crippen LogP contribution in [-0.4, -0.2) is 51.0 Å². The van der Waals surface area contributed by atoms with Crippen molar-refractivity contribution in [3.63, 3.8) is 0 Å². The molecule has 1 amide bonds. The lowest BCUT2D eigenvalue weighted by Gasteiger charge is -2.21. The molecule has 0 aliphatic heterocycles. The van der Waals surface area contributed by atoms with Crippen LogP contribution in [0.2, 0.25) is 0 Å². The van der Waals surface area contributed by atoms with E-state index >= 15 is 0 Å². The Balaban J connectivity index is 2.81. The number of nitrogens with zero attached hydrogens (tertiary/aromatic N) is 1. The number of carbonyl (C=O) groups excluding carboxylic acids is 1. The lowest BCUT2D eigenvalue weighted by Crippen LogP contribution is -2.35. The first-order chi connectivity index (χ1) is 9.10. The van der Waals surface area contributed by atoms with E-state index in [2.05, 4.69) is 5.32 Å². The number of carbonyl (C=O) groups is 1. The van der Waals surface area contributed by atoms with Crippen LogP contribution in [0, 0.1) is 5.41 Å². The number of rotatable bonds is 6. The lowest BCUT2D eigenvalue weighted by atomic mass is 9.95. The van der Waals surface area contributed by atoms with Gasteiger partial charge >= 0.3 is 0 Å². The molecule has 0 fully saturated rings. The number of amides is 1. The number of aliphatic hydroxyl groups is 1. The number of aliphatic hydroxyl groups excluding tert-OH is 1. The van der Waals surface area contributed by atoms with Crippen LogP contribution in [0.4, 0.5) is 0 Å². The highest BCUT2D eigenvalue weighted by Crippen LogP contribution is 2.17. The van der Waals surface area contributed by atoms with E-state index in [9.17, 15) is 13.2 Å². The molecule has 1 aromatic rings. The highest BCUT2D eigenvalue weighted by atomic mass is 32.2. The van der Waals surface area contributed by atoms with Crippen molar-refractivity contribution in [3.8, 4) is 0 Å². The highest BCUT2D eigenvalue weighted by molar-refractivity contribution is 7.88. The van der Waals surface area contributed by atoms with Crippen molar-refractivity contribution in [1.29, 1.82) is 0 Å². The summed E-state index contributed by atoms with van der Waals surface area (Å²) in [5, 5.41) is 11.4. The Labute approximate surface area is 118 Å². The zero-order valence-electron chi connectivity index (χ0n) is 12.0. The summed E-state index contributed by atoms with van der Waals surface area (Å²) < 4.78 is 29.7. The second kappa shape index (κ2) is 5.94. The Morgan fingerprint density at radius 2 is 2.00 bits per heavy atom. The molecule has 0 aliphatic rings. The van der Waals surface area contributed by atoms with E-state index in [-0.39, 0.29) is 24.0 Å². The summed E-state index contributed by atoms with van der Waals surface area (Å²) in [5.74, 6) is -0.606. The minimum absolute atomic E-state index is 0.0777. The molecule has 7 nitrogen and oxygen atoms in total. The molecule has 0 spiro atoms. The molecule has 1 heterocycles. The van der Waals surface area contributed by atoms with E-state index in [0.717, 1.165) is 4.31 Å². The van der Waals surface area contributed by atoms with Gasteiger partial charge in [-0.15, -0.1) is 0 Å². The van der Waals surface area contributed by atoms with E-state index in [4.69, 9.17) is 9.52 Å². The summed E-state index contributed by atoms with van der Waals surface area (Å²) in [7, 11) is -0.938. The SMILES string of the molecule is CN(C)S(=O)(=O)c1ccc(C(=O)NCC(C)(C)CO)o1. The fourth-order valence-electron chi connectivity index (χ4n) is 1.22. The average Bonchev–Trinajstić information content (AvgIpc) is 2.86. The maximum absolute atomic E-state index is 11.8. The molecule has 1 rings (SSSR count). The van der Waals surface area contributed by atoms with Gasteiger partial charge in [-0.3, -0.25) is 4.79 Å². The summed E-state index contributed by atoms with van der Waals surface area (Å²) in [5.41, 5.74) is -0.458. The lowest BCUT2D eigenvalue weighted by molar-refractivity contribution is 0.0878. The number of nitrogens with one attached hydrogen (secondary N) is 1. The van der Waals surface area contributed by atoms with Gasteiger partial charge in [-0.1, -0.05) is 13.8 Å². The predicted molar refractivity (Wildman–Crippen MR) is 72.8 cm³/mol. The first kappa shape index (κ1) is 16.7. The Hall–Kier alpha value is -1.38. The minimum atomic E-state index is -3.69. The van der Waals surface area contributed by atoms with Gasteiger partial charge in [-0.25, -0.2) is 12.7 Å². The van der Waals surface area contributed by atoms with Crippen LogP contribution < -0.4 is 5.32 Å². The third-order valence-corrected chi connectivity index (χ3v) is 4.38. The Morgan fingerprint density at radius 1 is 1.40 bits per heavy atom. The number of hydrogen-bond acceptors (Lipinski definition) is 5. The average molecular weight is 304 g/mol. The maximum atomic E-state index is 11.8. The van der Waals surface area contributed by atoms with Gasteiger partial charge in [-0.2, -0.15) is 0 Å². The number of sulfonamides is 1. The van der Waals surface area contributed by atoms with Gasteiger partial charge < -0.3 is 14.8 Å². The van der Waals surface area contributed by atoms with Gasteiger partial charge in [0.1, 0.15) is 0 Å². The van der Waals surface area contributed by atoms with E-state index in [0.29, 0.717) is 0 Å². The van der Waals surface area contributed by atoms with Crippen LogP contribution in [-0.2, 0) is 10.0 Å². The molecule has 1 aromatic heterocycles. The molecule has 0 radical (unpaired) electrons. The summed E-state index contributed by atoms with van der Waals surface area (Å²) in [6, 6.07) is 2.54. The predicted octanol–water partition coefficient (Wildman–Crippen LogP) is 0.278. The van der Waals surface area contributed by atoms with Gasteiger partial charge in [-0.05, 0) is 12.1 Å². The van der Waals surface area contributed by atoms with Crippen molar-refractivity contribution in [3.05, 3.63) is 17.9 Å². The number of furan rings is 1. The standard InChI is InChI=1S/C12H20N2O5S/c1-12(2,8-15)7-13-11(16)9-5-6-10(19-9)20(17,18)14(3)4/h5-6,15H,7-8H2,1-4H3,(H,13,16). The number of hydrogen-bond donors (Lipinski definition) is 2. The van der Waals surface area contributed by atoms with Crippen LogP contribution >= 0.6 is 0 Å². The third-order valence-electron chi connectivity index (χ3n) is 2.70. The van der Waals surface area contributed by atoms with E-state index in [1.165, 1.54) is 26.2 Å². The smallest absolute Gasteiger partial charge is 0.287 e. The molecule has 114 valence electrons. The second-order valence-corrected chi connectivity index (χ2v) is 7.49. The van der Waals surface area contributed by atoms with Crippen molar-refractivity contribution >= 4 is 15.9 Å². The van der Waals surface area contributed by atoms with Gasteiger partial charge in [0.2, 0.25) is 5.09 Å². The van der Waals surface area contributed by atoms with E-state index < -0.39 is 21.3 Å². The van der Waals surface area contributed by atoms with Crippen LogP contribution in [0.3, 0.4) is 0 Å². The molecule has 0 saturated carbocycles. The zero-order chi connectivity index (χ0) is 15.6. The van der Waals surface area contributed by atoms with E-state index in [1.54, 1.807) is 13.8 Å². The molecule has 20 heavy (non-hydrogen) atoms. The Kier molecular flexibility index (Phi) is 4.95. The molecule has 0 aromatic carbocycles. The minimum Gasteiger partial charge on any atom is -0.438 e. The Morgan fingerprint density at radius 3 is 2.50 bits per heavy atom. The summed E-state index contributed by atoms with van der Waals surface area (Å²) >= 11 is 0. The van der Waals surface area contributed by atoms with Gasteiger partial charge in [0.15, 0.2) is 5.76 Å². The molecule has 8 heteroatoms. The molecule has 0 bridgehead atoms. The molecule has 0 atom stereocenters. The Bertz CT molecular complexity index is 574. The molecule has 2 N–H and O–H groups in total. The monoisotopic (exact) mass is 304 g/mol. The molecule has 0 saturated heterocycles. The quantitative estimate of drug-likeness (QED) is 0.786. The molecular formula is C12H20N2O5S. The molecule has 0 unspecified atom stereocenters. The topological polar surface area (TPSA) is 99.9 Å². The molecular weight excluding hydrogens is 284 g/mol. The third kappa shape index (κ3) is 3.81. The summed E-state index contributed by atoms with van der Waals surface area (Å²) in [6.45, 7) is 3.75. The normalized spacial score (nSPS) is 12.7. The molecule has 0 aliphatic carbocycles. The first-order valence-electron chi connectivity index (χ1n) is 6.01. The van der Waals surface area contributed by atoms with E-state index in [1.807, 2.05) is 0 Å². The van der Waals surface area contributed by atoms with Crippen LogP contribution in [0.5, 0.6) is 0 Å². The van der Waals surface area contributed by atoms with Crippen LogP contribution in [0.1, 0.15) is 24.4 Å². The van der Waals surface area contributed by atoms with Gasteiger partial charge in [0.05, 0.1) is 0 Å². The van der Waals surface area contributed by atoms with Gasteiger partial charge in [0.25, 0.3) is 15.9 Å². The fraction of sp³-hybridized carbons (Fsp3) is 0.583. The van der Waals surface area contributed by atoms with Gasteiger partial charge in [0, 0.05) is 32.7 Å². The summed E-state index contributed by atoms with van der Waals surface area (Å²) in [6.07, 6.45) is 0. The zero-order valence-corrected chi connectivity index (χ0v) is 12.8. The van der Waals surface area contributed by atoms with Crippen molar-refractivity contribution in [2.75, 3.05) is 27.2 Å². The van der Waals surface area contributed by atoms with Crippen molar-refractivity contribution in [1.82, 2.24) is 9.62 Å². The largest absolute Gasteiger partial charge is 0.438 e. The van der Waals surface area contributed by atoms with Crippen molar-refractivity contribution in [2.45, 2.75) is 18.9 Å². The highest BCUT2D eigenvalue weighted by Gasteiger charge is 2.24. The fourth-order valence-corrected chi connectivity index (χ4v) is 2.02. The second-order valence-electron chi connectivity index (χ2n) is 5.41. The van der Waals surface area contributed by atoms with Crippen LogP contribution in [0.15, 0.2) is 21.6 Å².